The summed E-state index contributed by atoms with van der Waals surface area (Å²) in [4.78, 5) is 23.9. The molecule has 4 nitrogen and oxygen atoms in total. The Morgan fingerprint density at radius 3 is 2.47 bits per heavy atom. The van der Waals surface area contributed by atoms with Crippen LogP contribution in [0.5, 0.6) is 5.75 Å². The first-order valence-corrected chi connectivity index (χ1v) is 7.29. The summed E-state index contributed by atoms with van der Waals surface area (Å²) >= 11 is 3.22. The van der Waals surface area contributed by atoms with E-state index in [1.807, 2.05) is 6.92 Å². The third-order valence-corrected chi connectivity index (χ3v) is 2.82. The van der Waals surface area contributed by atoms with Crippen molar-refractivity contribution in [3.8, 4) is 5.75 Å². The molecule has 1 aromatic rings. The van der Waals surface area contributed by atoms with Gasteiger partial charge in [0.2, 0.25) is 0 Å². The van der Waals surface area contributed by atoms with Crippen LogP contribution < -0.4 is 4.74 Å². The largest absolute Gasteiger partial charge is 0.494 e. The molecule has 0 bridgehead atoms. The van der Waals surface area contributed by atoms with Gasteiger partial charge >= 0.3 is 5.97 Å². The fraction of sp³-hybridized carbons (Fsp3) is 0.429. The van der Waals surface area contributed by atoms with E-state index in [-0.39, 0.29) is 18.0 Å². The summed E-state index contributed by atoms with van der Waals surface area (Å²) in [6, 6.07) is 4.84. The van der Waals surface area contributed by atoms with E-state index in [2.05, 4.69) is 15.9 Å². The van der Waals surface area contributed by atoms with Crippen molar-refractivity contribution in [1.29, 1.82) is 0 Å². The molecule has 0 N–H and O–H groups in total. The zero-order valence-electron chi connectivity index (χ0n) is 11.1. The molecule has 0 heterocycles. The number of Topliss-reactive ketones (excluding diaryl/α,β-unsaturated/α-hetero) is 1. The number of ether oxygens (including phenoxy) is 2. The number of halogens is 1. The van der Waals surface area contributed by atoms with Crippen LogP contribution in [0.3, 0.4) is 0 Å². The highest BCUT2D eigenvalue weighted by Crippen LogP contribution is 2.21. The van der Waals surface area contributed by atoms with Gasteiger partial charge in [-0.05, 0) is 32.0 Å². The van der Waals surface area contributed by atoms with Crippen molar-refractivity contribution in [3.05, 3.63) is 29.3 Å². The summed E-state index contributed by atoms with van der Waals surface area (Å²) in [6.07, 6.45) is 0.321. The number of alkyl halides is 1. The Balaban J connectivity index is 3.14. The Morgan fingerprint density at radius 1 is 1.16 bits per heavy atom. The van der Waals surface area contributed by atoms with Gasteiger partial charge in [-0.15, -0.1) is 0 Å². The zero-order chi connectivity index (χ0) is 14.3. The van der Waals surface area contributed by atoms with Crippen LogP contribution in [-0.2, 0) is 4.74 Å². The Labute approximate surface area is 121 Å². The van der Waals surface area contributed by atoms with E-state index in [1.54, 1.807) is 25.1 Å². The number of rotatable bonds is 7. The van der Waals surface area contributed by atoms with E-state index in [9.17, 15) is 9.59 Å². The molecule has 0 aromatic heterocycles. The SMILES string of the molecule is CCOC(=O)c1ccc(OCC)cc1C(=O)CCBr. The van der Waals surface area contributed by atoms with Gasteiger partial charge in [0.1, 0.15) is 5.75 Å². The minimum Gasteiger partial charge on any atom is -0.494 e. The maximum absolute atomic E-state index is 12.0. The molecule has 1 aromatic carbocycles. The quantitative estimate of drug-likeness (QED) is 0.438. The molecule has 0 atom stereocenters. The number of carbonyl (C=O) groups excluding carboxylic acids is 2. The second-order valence-electron chi connectivity index (χ2n) is 3.72. The molecule has 0 aliphatic carbocycles. The standard InChI is InChI=1S/C14H17BrO4/c1-3-18-10-5-6-11(14(17)19-4-2)12(9-10)13(16)7-8-15/h5-6,9H,3-4,7-8H2,1-2H3. The fourth-order valence-corrected chi connectivity index (χ4v) is 1.98. The summed E-state index contributed by atoms with van der Waals surface area (Å²) < 4.78 is 10.3. The van der Waals surface area contributed by atoms with Crippen molar-refractivity contribution in [1.82, 2.24) is 0 Å². The Kier molecular flexibility index (Phi) is 6.56. The highest BCUT2D eigenvalue weighted by Gasteiger charge is 2.18. The highest BCUT2D eigenvalue weighted by atomic mass is 79.9. The number of esters is 1. The van der Waals surface area contributed by atoms with Crippen LogP contribution in [0.15, 0.2) is 18.2 Å². The van der Waals surface area contributed by atoms with Crippen molar-refractivity contribution >= 4 is 27.7 Å². The monoisotopic (exact) mass is 328 g/mol. The lowest BCUT2D eigenvalue weighted by Gasteiger charge is -2.10. The molecule has 19 heavy (non-hydrogen) atoms. The molecule has 0 amide bonds. The van der Waals surface area contributed by atoms with Gasteiger partial charge in [0, 0.05) is 17.3 Å². The summed E-state index contributed by atoms with van der Waals surface area (Å²) in [7, 11) is 0. The van der Waals surface area contributed by atoms with Crippen LogP contribution >= 0.6 is 15.9 Å². The molecule has 0 unspecified atom stereocenters. The second-order valence-corrected chi connectivity index (χ2v) is 4.52. The molecular formula is C14H17BrO4. The van der Waals surface area contributed by atoms with Crippen LogP contribution in [0.25, 0.3) is 0 Å². The van der Waals surface area contributed by atoms with Gasteiger partial charge in [0.05, 0.1) is 18.8 Å². The highest BCUT2D eigenvalue weighted by molar-refractivity contribution is 9.09. The molecule has 0 spiro atoms. The van der Waals surface area contributed by atoms with E-state index in [1.165, 1.54) is 0 Å². The summed E-state index contributed by atoms with van der Waals surface area (Å²) in [5.41, 5.74) is 0.639. The van der Waals surface area contributed by atoms with Crippen LogP contribution in [0.1, 0.15) is 41.0 Å². The van der Waals surface area contributed by atoms with E-state index in [0.29, 0.717) is 29.7 Å². The summed E-state index contributed by atoms with van der Waals surface area (Å²) in [6.45, 7) is 4.37. The van der Waals surface area contributed by atoms with Crippen molar-refractivity contribution in [2.24, 2.45) is 0 Å². The Hall–Kier alpha value is -1.36. The van der Waals surface area contributed by atoms with Crippen molar-refractivity contribution in [3.63, 3.8) is 0 Å². The lowest BCUT2D eigenvalue weighted by atomic mass is 10.0. The van der Waals surface area contributed by atoms with E-state index >= 15 is 0 Å². The molecule has 0 radical (unpaired) electrons. The fourth-order valence-electron chi connectivity index (χ4n) is 1.62. The number of carbonyl (C=O) groups is 2. The molecule has 1 rings (SSSR count). The Bertz CT molecular complexity index is 457. The first kappa shape index (κ1) is 15.7. The number of benzene rings is 1. The van der Waals surface area contributed by atoms with E-state index in [4.69, 9.17) is 9.47 Å². The minimum atomic E-state index is -0.483. The molecule has 104 valence electrons. The van der Waals surface area contributed by atoms with Gasteiger partial charge in [-0.2, -0.15) is 0 Å². The summed E-state index contributed by atoms with van der Waals surface area (Å²) in [5.74, 6) is -0.0153. The topological polar surface area (TPSA) is 52.6 Å². The summed E-state index contributed by atoms with van der Waals surface area (Å²) in [5, 5.41) is 0.549. The first-order valence-electron chi connectivity index (χ1n) is 6.17. The second kappa shape index (κ2) is 7.94. The van der Waals surface area contributed by atoms with Crippen LogP contribution in [-0.4, -0.2) is 30.3 Å². The van der Waals surface area contributed by atoms with Gasteiger partial charge < -0.3 is 9.47 Å². The van der Waals surface area contributed by atoms with Gasteiger partial charge in [-0.3, -0.25) is 4.79 Å². The Morgan fingerprint density at radius 2 is 1.89 bits per heavy atom. The number of hydrogen-bond donors (Lipinski definition) is 0. The lowest BCUT2D eigenvalue weighted by Crippen LogP contribution is -2.12. The molecule has 0 aliphatic heterocycles. The molecule has 5 heteroatoms. The average Bonchev–Trinajstić information content (AvgIpc) is 2.39. The third-order valence-electron chi connectivity index (χ3n) is 2.42. The maximum atomic E-state index is 12.0. The number of ketones is 1. The van der Waals surface area contributed by atoms with Gasteiger partial charge in [-0.25, -0.2) is 4.79 Å². The minimum absolute atomic E-state index is 0.110. The maximum Gasteiger partial charge on any atom is 0.338 e. The van der Waals surface area contributed by atoms with Gasteiger partial charge in [0.15, 0.2) is 5.78 Å². The third kappa shape index (κ3) is 4.35. The molecule has 0 fully saturated rings. The molecule has 0 aliphatic rings. The predicted molar refractivity (Wildman–Crippen MR) is 76.3 cm³/mol. The zero-order valence-corrected chi connectivity index (χ0v) is 12.7. The van der Waals surface area contributed by atoms with Gasteiger partial charge in [0.25, 0.3) is 0 Å². The van der Waals surface area contributed by atoms with Crippen LogP contribution in [0, 0.1) is 0 Å². The first-order chi connectivity index (χ1) is 9.13. The average molecular weight is 329 g/mol. The van der Waals surface area contributed by atoms with Crippen LogP contribution in [0.4, 0.5) is 0 Å². The van der Waals surface area contributed by atoms with Crippen molar-refractivity contribution in [2.75, 3.05) is 18.5 Å². The smallest absolute Gasteiger partial charge is 0.338 e. The number of hydrogen-bond acceptors (Lipinski definition) is 4. The van der Waals surface area contributed by atoms with Gasteiger partial charge in [-0.1, -0.05) is 15.9 Å². The lowest BCUT2D eigenvalue weighted by molar-refractivity contribution is 0.0523. The van der Waals surface area contributed by atoms with E-state index in [0.717, 1.165) is 0 Å². The molecular weight excluding hydrogens is 312 g/mol. The van der Waals surface area contributed by atoms with Crippen LogP contribution in [0.2, 0.25) is 0 Å². The predicted octanol–water partition coefficient (Wildman–Crippen LogP) is 3.23. The van der Waals surface area contributed by atoms with E-state index < -0.39 is 5.97 Å². The molecule has 0 saturated carbocycles. The normalized spacial score (nSPS) is 10.1. The molecule has 0 saturated heterocycles. The van der Waals surface area contributed by atoms with Crippen molar-refractivity contribution in [2.45, 2.75) is 20.3 Å². The van der Waals surface area contributed by atoms with Crippen molar-refractivity contribution < 1.29 is 19.1 Å².